The van der Waals surface area contributed by atoms with Gasteiger partial charge >= 0.3 is 12.5 Å². The summed E-state index contributed by atoms with van der Waals surface area (Å²) in [6.45, 7) is 0. The van der Waals surface area contributed by atoms with Crippen molar-refractivity contribution >= 4 is 0 Å². The van der Waals surface area contributed by atoms with Crippen LogP contribution in [0.2, 0.25) is 0 Å². The maximum Gasteiger partial charge on any atom is 0.573 e. The summed E-state index contributed by atoms with van der Waals surface area (Å²) in [5.74, 6) is -3.60. The molecule has 16 heavy (non-hydrogen) atoms. The second kappa shape index (κ2) is 3.84. The molecular weight excluding hydrogens is 245 g/mol. The first-order valence-corrected chi connectivity index (χ1v) is 3.73. The van der Waals surface area contributed by atoms with Gasteiger partial charge in [-0.1, -0.05) is 6.07 Å². The third-order valence-electron chi connectivity index (χ3n) is 1.49. The summed E-state index contributed by atoms with van der Waals surface area (Å²) in [5, 5.41) is 0. The van der Waals surface area contributed by atoms with Crippen molar-refractivity contribution in [3.8, 4) is 5.75 Å². The second-order valence-corrected chi connectivity index (χ2v) is 2.66. The fraction of sp³-hybridized carbons (Fsp3) is 0.250. The molecule has 0 aromatic heterocycles. The number of halogens is 7. The van der Waals surface area contributed by atoms with Crippen LogP contribution in [0.5, 0.6) is 5.75 Å². The number of hydrogen-bond acceptors (Lipinski definition) is 1. The number of hydrogen-bond donors (Lipinski definition) is 0. The lowest BCUT2D eigenvalue weighted by molar-refractivity contribution is -0.277. The van der Waals surface area contributed by atoms with E-state index in [1.807, 2.05) is 0 Å². The van der Waals surface area contributed by atoms with Crippen molar-refractivity contribution in [3.05, 3.63) is 29.6 Å². The van der Waals surface area contributed by atoms with Gasteiger partial charge in [0, 0.05) is 0 Å². The molecule has 1 rings (SSSR count). The van der Waals surface area contributed by atoms with Crippen molar-refractivity contribution < 1.29 is 35.5 Å². The Morgan fingerprint density at radius 1 is 0.938 bits per heavy atom. The topological polar surface area (TPSA) is 9.23 Å². The molecule has 0 spiro atoms. The van der Waals surface area contributed by atoms with Crippen LogP contribution < -0.4 is 4.74 Å². The van der Waals surface area contributed by atoms with Crippen LogP contribution in [0.15, 0.2) is 18.2 Å². The number of para-hydroxylation sites is 1. The molecule has 0 fully saturated rings. The van der Waals surface area contributed by atoms with E-state index in [2.05, 4.69) is 4.74 Å². The Morgan fingerprint density at radius 2 is 1.50 bits per heavy atom. The predicted octanol–water partition coefficient (Wildman–Crippen LogP) is 3.74. The van der Waals surface area contributed by atoms with Crippen LogP contribution in [0.25, 0.3) is 0 Å². The first kappa shape index (κ1) is 12.6. The zero-order valence-electron chi connectivity index (χ0n) is 7.29. The molecule has 0 aliphatic rings. The average Bonchev–Trinajstić information content (AvgIpc) is 2.04. The van der Waals surface area contributed by atoms with Gasteiger partial charge in [-0.05, 0) is 12.1 Å². The molecule has 1 aromatic carbocycles. The minimum atomic E-state index is -5.39. The van der Waals surface area contributed by atoms with Crippen molar-refractivity contribution in [1.29, 1.82) is 0 Å². The first-order valence-electron chi connectivity index (χ1n) is 3.73. The average molecular weight is 248 g/mol. The summed E-state index contributed by atoms with van der Waals surface area (Å²) in [5.41, 5.74) is -1.81. The van der Waals surface area contributed by atoms with Crippen molar-refractivity contribution in [2.45, 2.75) is 12.5 Å². The maximum absolute atomic E-state index is 12.8. The van der Waals surface area contributed by atoms with Crippen LogP contribution in [0.4, 0.5) is 30.7 Å². The molecule has 8 heteroatoms. The Balaban J connectivity index is 3.25. The summed E-state index contributed by atoms with van der Waals surface area (Å²) in [6, 6.07) is 1.38. The van der Waals surface area contributed by atoms with E-state index in [9.17, 15) is 30.7 Å². The van der Waals surface area contributed by atoms with Crippen LogP contribution in [0, 0.1) is 5.82 Å². The summed E-state index contributed by atoms with van der Waals surface area (Å²) < 4.78 is 87.5. The van der Waals surface area contributed by atoms with E-state index >= 15 is 0 Å². The van der Waals surface area contributed by atoms with Gasteiger partial charge in [-0.2, -0.15) is 13.2 Å². The van der Waals surface area contributed by atoms with Crippen molar-refractivity contribution in [2.24, 2.45) is 0 Å². The van der Waals surface area contributed by atoms with Crippen LogP contribution in [0.1, 0.15) is 5.56 Å². The molecule has 0 aliphatic heterocycles. The zero-order chi connectivity index (χ0) is 12.6. The van der Waals surface area contributed by atoms with Gasteiger partial charge < -0.3 is 4.74 Å². The molecule has 0 radical (unpaired) electrons. The van der Waals surface area contributed by atoms with Crippen molar-refractivity contribution in [1.82, 2.24) is 0 Å². The van der Waals surface area contributed by atoms with Gasteiger partial charge in [-0.25, -0.2) is 4.39 Å². The fourth-order valence-electron chi connectivity index (χ4n) is 0.952. The quantitative estimate of drug-likeness (QED) is 0.688. The number of rotatable bonds is 1. The van der Waals surface area contributed by atoms with Gasteiger partial charge in [0.05, 0.1) is 0 Å². The standard InChI is InChI=1S/C8H3F7O/c9-5-3-1-2-4(7(10,11)12)6(5)16-8(13,14)15/h1-3H. The normalized spacial score (nSPS) is 12.7. The zero-order valence-corrected chi connectivity index (χ0v) is 7.29. The van der Waals surface area contributed by atoms with Crippen LogP contribution in [0.3, 0.4) is 0 Å². The minimum Gasteiger partial charge on any atom is -0.402 e. The second-order valence-electron chi connectivity index (χ2n) is 2.66. The lowest BCUT2D eigenvalue weighted by Crippen LogP contribution is -2.21. The molecule has 0 saturated heterocycles. The molecule has 0 bridgehead atoms. The Morgan fingerprint density at radius 3 is 1.94 bits per heavy atom. The molecule has 0 atom stereocenters. The van der Waals surface area contributed by atoms with Gasteiger partial charge in [0.1, 0.15) is 5.56 Å². The molecule has 1 aromatic rings. The van der Waals surface area contributed by atoms with Crippen LogP contribution in [-0.4, -0.2) is 6.36 Å². The highest BCUT2D eigenvalue weighted by Crippen LogP contribution is 2.39. The molecule has 0 aliphatic carbocycles. The molecule has 0 heterocycles. The smallest absolute Gasteiger partial charge is 0.402 e. The SMILES string of the molecule is Fc1cccc(C(F)(F)F)c1OC(F)(F)F. The number of benzene rings is 1. The maximum atomic E-state index is 12.8. The molecule has 90 valence electrons. The number of alkyl halides is 6. The highest BCUT2D eigenvalue weighted by Gasteiger charge is 2.40. The third-order valence-corrected chi connectivity index (χ3v) is 1.49. The summed E-state index contributed by atoms with van der Waals surface area (Å²) >= 11 is 0. The fourth-order valence-corrected chi connectivity index (χ4v) is 0.952. The molecular formula is C8H3F7O. The molecule has 0 amide bonds. The largest absolute Gasteiger partial charge is 0.573 e. The molecule has 0 N–H and O–H groups in total. The predicted molar refractivity (Wildman–Crippen MR) is 38.1 cm³/mol. The van der Waals surface area contributed by atoms with E-state index in [1.54, 1.807) is 0 Å². The summed E-state index contributed by atoms with van der Waals surface area (Å²) in [6.07, 6.45) is -10.5. The van der Waals surface area contributed by atoms with E-state index in [1.165, 1.54) is 0 Å². The highest BCUT2D eigenvalue weighted by atomic mass is 19.4. The monoisotopic (exact) mass is 248 g/mol. The van der Waals surface area contributed by atoms with E-state index < -0.39 is 29.7 Å². The Hall–Kier alpha value is -1.47. The van der Waals surface area contributed by atoms with E-state index in [-0.39, 0.29) is 0 Å². The Labute approximate surface area is 84.4 Å². The van der Waals surface area contributed by atoms with Gasteiger partial charge in [0.15, 0.2) is 11.6 Å². The van der Waals surface area contributed by atoms with E-state index in [0.29, 0.717) is 18.2 Å². The van der Waals surface area contributed by atoms with Gasteiger partial charge in [0.2, 0.25) is 0 Å². The lowest BCUT2D eigenvalue weighted by Gasteiger charge is -2.15. The van der Waals surface area contributed by atoms with Gasteiger partial charge in [-0.15, -0.1) is 13.2 Å². The summed E-state index contributed by atoms with van der Waals surface area (Å²) in [4.78, 5) is 0. The van der Waals surface area contributed by atoms with E-state index in [4.69, 9.17) is 0 Å². The summed E-state index contributed by atoms with van der Waals surface area (Å²) in [7, 11) is 0. The van der Waals surface area contributed by atoms with Gasteiger partial charge in [0.25, 0.3) is 0 Å². The highest BCUT2D eigenvalue weighted by molar-refractivity contribution is 5.37. The van der Waals surface area contributed by atoms with E-state index in [0.717, 1.165) is 0 Å². The first-order chi connectivity index (χ1) is 7.11. The molecule has 0 unspecified atom stereocenters. The molecule has 1 nitrogen and oxygen atoms in total. The third kappa shape index (κ3) is 3.01. The van der Waals surface area contributed by atoms with Gasteiger partial charge in [-0.3, -0.25) is 0 Å². The lowest BCUT2D eigenvalue weighted by atomic mass is 10.2. The molecule has 0 saturated carbocycles. The minimum absolute atomic E-state index is 0.296. The van der Waals surface area contributed by atoms with Crippen molar-refractivity contribution in [3.63, 3.8) is 0 Å². The Bertz CT molecular complexity index is 379. The Kier molecular flexibility index (Phi) is 3.02. The number of ether oxygens (including phenoxy) is 1. The van der Waals surface area contributed by atoms with Crippen molar-refractivity contribution in [2.75, 3.05) is 0 Å². The van der Waals surface area contributed by atoms with Crippen LogP contribution in [-0.2, 0) is 6.18 Å². The van der Waals surface area contributed by atoms with Crippen LogP contribution >= 0.6 is 0 Å².